The Morgan fingerprint density at radius 3 is 2.80 bits per heavy atom. The smallest absolute Gasteiger partial charge is 0.315 e. The summed E-state index contributed by atoms with van der Waals surface area (Å²) >= 11 is 0. The molecule has 0 aliphatic carbocycles. The van der Waals surface area contributed by atoms with Crippen LogP contribution in [-0.4, -0.2) is 29.5 Å². The second kappa shape index (κ2) is 9.17. The van der Waals surface area contributed by atoms with Gasteiger partial charge in [0.1, 0.15) is 11.5 Å². The monoisotopic (exact) mass is 348 g/mol. The molecule has 0 unspecified atom stereocenters. The predicted molar refractivity (Wildman–Crippen MR) is 97.1 cm³/mol. The van der Waals surface area contributed by atoms with Gasteiger partial charge in [-0.3, -0.25) is 4.79 Å². The number of nitrogens with zero attached hydrogens (tertiary/aromatic N) is 2. The van der Waals surface area contributed by atoms with Crippen LogP contribution in [0.1, 0.15) is 31.7 Å². The SMILES string of the molecule is CCCCCOc1c(NCCN)cnn(-c2cc(C)cc(F)c2)c1=O. The summed E-state index contributed by atoms with van der Waals surface area (Å²) in [4.78, 5) is 12.8. The molecule has 3 N–H and O–H groups in total. The molecule has 0 saturated heterocycles. The lowest BCUT2D eigenvalue weighted by molar-refractivity contribution is 0.301. The predicted octanol–water partition coefficient (Wildman–Crippen LogP) is 2.62. The number of unbranched alkanes of at least 4 members (excludes halogenated alkanes) is 2. The minimum Gasteiger partial charge on any atom is -0.486 e. The first kappa shape index (κ1) is 18.9. The number of nitrogens with two attached hydrogens (primary N) is 1. The standard InChI is InChI=1S/C18H25FN4O2/c1-3-4-5-8-25-17-16(21-7-6-20)12-22-23(18(17)24)15-10-13(2)9-14(19)11-15/h9-12,21H,3-8,20H2,1-2H3. The minimum atomic E-state index is -0.427. The number of hydrogen-bond acceptors (Lipinski definition) is 5. The summed E-state index contributed by atoms with van der Waals surface area (Å²) in [5.74, 6) is -0.235. The van der Waals surface area contributed by atoms with Gasteiger partial charge in [0.2, 0.25) is 5.75 Å². The number of aromatic nitrogens is 2. The van der Waals surface area contributed by atoms with E-state index in [1.807, 2.05) is 0 Å². The molecule has 2 aromatic rings. The molecule has 0 fully saturated rings. The summed E-state index contributed by atoms with van der Waals surface area (Å²) in [6.07, 6.45) is 4.44. The molecule has 1 heterocycles. The van der Waals surface area contributed by atoms with Crippen molar-refractivity contribution in [2.24, 2.45) is 5.73 Å². The van der Waals surface area contributed by atoms with Crippen molar-refractivity contribution in [3.05, 3.63) is 46.1 Å². The molecule has 6 nitrogen and oxygen atoms in total. The average Bonchev–Trinajstić information content (AvgIpc) is 2.57. The van der Waals surface area contributed by atoms with Gasteiger partial charge in [0, 0.05) is 13.1 Å². The van der Waals surface area contributed by atoms with Gasteiger partial charge in [-0.2, -0.15) is 9.78 Å². The van der Waals surface area contributed by atoms with E-state index in [0.717, 1.165) is 23.9 Å². The fraction of sp³-hybridized carbons (Fsp3) is 0.444. The second-order valence-corrected chi connectivity index (χ2v) is 5.86. The summed E-state index contributed by atoms with van der Waals surface area (Å²) in [5, 5.41) is 7.19. The van der Waals surface area contributed by atoms with E-state index in [2.05, 4.69) is 17.3 Å². The van der Waals surface area contributed by atoms with E-state index in [1.165, 1.54) is 18.3 Å². The summed E-state index contributed by atoms with van der Waals surface area (Å²) in [6.45, 7) is 5.21. The maximum absolute atomic E-state index is 13.7. The van der Waals surface area contributed by atoms with Crippen LogP contribution in [-0.2, 0) is 0 Å². The highest BCUT2D eigenvalue weighted by molar-refractivity contribution is 5.54. The maximum atomic E-state index is 13.7. The van der Waals surface area contributed by atoms with Crippen molar-refractivity contribution in [3.63, 3.8) is 0 Å². The van der Waals surface area contributed by atoms with Crippen molar-refractivity contribution in [1.29, 1.82) is 0 Å². The highest BCUT2D eigenvalue weighted by atomic mass is 19.1. The molecule has 7 heteroatoms. The van der Waals surface area contributed by atoms with E-state index < -0.39 is 11.4 Å². The van der Waals surface area contributed by atoms with Gasteiger partial charge in [-0.05, 0) is 37.1 Å². The molecule has 0 bridgehead atoms. The van der Waals surface area contributed by atoms with Gasteiger partial charge >= 0.3 is 5.56 Å². The molecule has 0 aliphatic rings. The zero-order valence-corrected chi connectivity index (χ0v) is 14.7. The van der Waals surface area contributed by atoms with Gasteiger partial charge in [0.25, 0.3) is 0 Å². The van der Waals surface area contributed by atoms with Crippen LogP contribution >= 0.6 is 0 Å². The van der Waals surface area contributed by atoms with E-state index in [9.17, 15) is 9.18 Å². The number of nitrogens with one attached hydrogen (secondary N) is 1. The van der Waals surface area contributed by atoms with Crippen molar-refractivity contribution in [1.82, 2.24) is 9.78 Å². The molecular weight excluding hydrogens is 323 g/mol. The van der Waals surface area contributed by atoms with Gasteiger partial charge in [0.05, 0.1) is 18.5 Å². The quantitative estimate of drug-likeness (QED) is 0.681. The molecule has 0 radical (unpaired) electrons. The Kier molecular flexibility index (Phi) is 6.94. The largest absolute Gasteiger partial charge is 0.486 e. The lowest BCUT2D eigenvalue weighted by atomic mass is 10.2. The van der Waals surface area contributed by atoms with Gasteiger partial charge < -0.3 is 15.8 Å². The molecule has 0 atom stereocenters. The molecule has 25 heavy (non-hydrogen) atoms. The topological polar surface area (TPSA) is 82.2 Å². The maximum Gasteiger partial charge on any atom is 0.315 e. The minimum absolute atomic E-state index is 0.182. The van der Waals surface area contributed by atoms with Crippen molar-refractivity contribution >= 4 is 5.69 Å². The van der Waals surface area contributed by atoms with Crippen LogP contribution in [0.5, 0.6) is 5.75 Å². The van der Waals surface area contributed by atoms with E-state index in [1.54, 1.807) is 13.0 Å². The molecule has 0 aliphatic heterocycles. The lowest BCUT2D eigenvalue weighted by Crippen LogP contribution is -2.25. The third-order valence-electron chi connectivity index (χ3n) is 3.66. The number of ether oxygens (including phenoxy) is 1. The first-order chi connectivity index (χ1) is 12.1. The molecule has 1 aromatic carbocycles. The van der Waals surface area contributed by atoms with E-state index in [-0.39, 0.29) is 5.75 Å². The van der Waals surface area contributed by atoms with Crippen LogP contribution in [0.4, 0.5) is 10.1 Å². The molecular formula is C18H25FN4O2. The highest BCUT2D eigenvalue weighted by Crippen LogP contribution is 2.20. The van der Waals surface area contributed by atoms with Gasteiger partial charge in [0.15, 0.2) is 0 Å². The number of aryl methyl sites for hydroxylation is 1. The van der Waals surface area contributed by atoms with E-state index in [0.29, 0.717) is 36.6 Å². The number of anilines is 1. The highest BCUT2D eigenvalue weighted by Gasteiger charge is 2.14. The Labute approximate surface area is 146 Å². The van der Waals surface area contributed by atoms with Crippen molar-refractivity contribution in [2.75, 3.05) is 25.0 Å². The number of hydrogen-bond donors (Lipinski definition) is 2. The normalized spacial score (nSPS) is 10.7. The Morgan fingerprint density at radius 1 is 1.32 bits per heavy atom. The summed E-state index contributed by atoms with van der Waals surface area (Å²) < 4.78 is 20.5. The van der Waals surface area contributed by atoms with Crippen molar-refractivity contribution in [3.8, 4) is 11.4 Å². The number of rotatable bonds is 9. The molecule has 0 spiro atoms. The first-order valence-electron chi connectivity index (χ1n) is 8.53. The lowest BCUT2D eigenvalue weighted by Gasteiger charge is -2.14. The first-order valence-corrected chi connectivity index (χ1v) is 8.53. The molecule has 136 valence electrons. The Morgan fingerprint density at radius 2 is 2.12 bits per heavy atom. The van der Waals surface area contributed by atoms with Gasteiger partial charge in [-0.1, -0.05) is 19.8 Å². The van der Waals surface area contributed by atoms with Crippen LogP contribution in [0.25, 0.3) is 5.69 Å². The van der Waals surface area contributed by atoms with Crippen LogP contribution in [0, 0.1) is 12.7 Å². The third-order valence-corrected chi connectivity index (χ3v) is 3.66. The van der Waals surface area contributed by atoms with Crippen LogP contribution in [0.2, 0.25) is 0 Å². The third kappa shape index (κ3) is 5.03. The van der Waals surface area contributed by atoms with Gasteiger partial charge in [-0.15, -0.1) is 0 Å². The van der Waals surface area contributed by atoms with Crippen molar-refractivity contribution < 1.29 is 9.13 Å². The molecule has 0 amide bonds. The summed E-state index contributed by atoms with van der Waals surface area (Å²) in [5.41, 5.74) is 6.65. The zero-order valence-electron chi connectivity index (χ0n) is 14.7. The Balaban J connectivity index is 2.39. The van der Waals surface area contributed by atoms with Crippen LogP contribution in [0.15, 0.2) is 29.2 Å². The molecule has 2 rings (SSSR count). The second-order valence-electron chi connectivity index (χ2n) is 5.86. The van der Waals surface area contributed by atoms with E-state index >= 15 is 0 Å². The van der Waals surface area contributed by atoms with E-state index in [4.69, 9.17) is 10.5 Å². The molecule has 1 aromatic heterocycles. The van der Waals surface area contributed by atoms with Gasteiger partial charge in [-0.25, -0.2) is 4.39 Å². The average molecular weight is 348 g/mol. The zero-order chi connectivity index (χ0) is 18.2. The summed E-state index contributed by atoms with van der Waals surface area (Å²) in [6, 6.07) is 4.37. The molecule has 0 saturated carbocycles. The number of halogens is 1. The Bertz CT molecular complexity index is 741. The van der Waals surface area contributed by atoms with Crippen molar-refractivity contribution in [2.45, 2.75) is 33.1 Å². The number of benzene rings is 1. The van der Waals surface area contributed by atoms with Crippen LogP contribution in [0.3, 0.4) is 0 Å². The fourth-order valence-electron chi connectivity index (χ4n) is 2.46. The van der Waals surface area contributed by atoms with Crippen LogP contribution < -0.4 is 21.3 Å². The fourth-order valence-corrected chi connectivity index (χ4v) is 2.46. The summed E-state index contributed by atoms with van der Waals surface area (Å²) in [7, 11) is 0. The Hall–Kier alpha value is -2.41.